The highest BCUT2D eigenvalue weighted by molar-refractivity contribution is 5.63. The minimum Gasteiger partial charge on any atom is -0.383 e. The van der Waals surface area contributed by atoms with Gasteiger partial charge in [-0.2, -0.15) is 18.2 Å². The molecule has 0 saturated carbocycles. The van der Waals surface area contributed by atoms with Gasteiger partial charge >= 0.3 is 6.18 Å². The molecule has 1 aliphatic rings. The number of halogens is 5. The number of hydrogen-bond donors (Lipinski definition) is 2. The molecule has 1 fully saturated rings. The highest BCUT2D eigenvalue weighted by atomic mass is 19.4. The summed E-state index contributed by atoms with van der Waals surface area (Å²) in [5.74, 6) is -1.34. The predicted octanol–water partition coefficient (Wildman–Crippen LogP) is 4.76. The number of alkyl halides is 3. The minimum atomic E-state index is -4.39. The molecule has 0 aliphatic carbocycles. The Labute approximate surface area is 195 Å². The third kappa shape index (κ3) is 6.00. The van der Waals surface area contributed by atoms with Crippen LogP contribution in [0.25, 0.3) is 5.69 Å². The molecule has 2 N–H and O–H groups in total. The van der Waals surface area contributed by atoms with Crippen LogP contribution in [-0.2, 0) is 4.74 Å². The van der Waals surface area contributed by atoms with Crippen LogP contribution in [0.5, 0.6) is 0 Å². The Hall–Kier alpha value is -3.25. The van der Waals surface area contributed by atoms with E-state index in [2.05, 4.69) is 20.7 Å². The van der Waals surface area contributed by atoms with Gasteiger partial charge < -0.3 is 15.4 Å². The third-order valence-electron chi connectivity index (χ3n) is 5.30. The standard InChI is InChI=1S/C22H23F5N6O.2H2/c1-14-6-17(28-12-20(22(25,26)27)32-2-4-34-5-3-32)11-18(7-14)30-21-29-13-33(31-21)19-9-15(23)8-16(24)10-19;;/h6-11,13,20,28H,2-5,12H2,1H3,(H,30,31);2*1H. The number of hydrogen-bond acceptors (Lipinski definition) is 6. The van der Waals surface area contributed by atoms with Crippen LogP contribution < -0.4 is 10.6 Å². The summed E-state index contributed by atoms with van der Waals surface area (Å²) >= 11 is 0. The zero-order chi connectivity index (χ0) is 24.3. The molecule has 0 spiro atoms. The predicted molar refractivity (Wildman–Crippen MR) is 121 cm³/mol. The fourth-order valence-corrected chi connectivity index (χ4v) is 3.76. The van der Waals surface area contributed by atoms with E-state index >= 15 is 0 Å². The Morgan fingerprint density at radius 2 is 1.71 bits per heavy atom. The van der Waals surface area contributed by atoms with Gasteiger partial charge in [-0.25, -0.2) is 13.5 Å². The van der Waals surface area contributed by atoms with E-state index in [4.69, 9.17) is 4.74 Å². The van der Waals surface area contributed by atoms with Crippen LogP contribution >= 0.6 is 0 Å². The molecule has 1 aliphatic heterocycles. The molecule has 0 radical (unpaired) electrons. The Kier molecular flexibility index (Phi) is 6.98. The van der Waals surface area contributed by atoms with Crippen molar-refractivity contribution in [3.05, 3.63) is 59.9 Å². The molecule has 0 bridgehead atoms. The van der Waals surface area contributed by atoms with Crippen molar-refractivity contribution in [3.8, 4) is 5.69 Å². The molecule has 34 heavy (non-hydrogen) atoms. The fourth-order valence-electron chi connectivity index (χ4n) is 3.76. The summed E-state index contributed by atoms with van der Waals surface area (Å²) in [7, 11) is 0. The summed E-state index contributed by atoms with van der Waals surface area (Å²) in [5.41, 5.74) is 2.00. The Balaban J connectivity index is 0.00000228. The maximum atomic E-state index is 13.6. The summed E-state index contributed by atoms with van der Waals surface area (Å²) in [6.45, 7) is 2.47. The SMILES string of the molecule is Cc1cc(NCC(N2CCOCC2)C(F)(F)F)cc(Nc2ncn(-c3cc(F)cc(F)c3)n2)c1.[HH].[HH]. The second-order valence-electron chi connectivity index (χ2n) is 7.94. The van der Waals surface area contributed by atoms with Crippen LogP contribution in [-0.4, -0.2) is 64.7 Å². The summed E-state index contributed by atoms with van der Waals surface area (Å²) in [5, 5.41) is 10.0. The second-order valence-corrected chi connectivity index (χ2v) is 7.94. The molecule has 0 amide bonds. The lowest BCUT2D eigenvalue weighted by atomic mass is 10.1. The quantitative estimate of drug-likeness (QED) is 0.470. The molecule has 186 valence electrons. The Bertz CT molecular complexity index is 1120. The first-order chi connectivity index (χ1) is 16.2. The van der Waals surface area contributed by atoms with Crippen LogP contribution in [0, 0.1) is 18.6 Å². The van der Waals surface area contributed by atoms with Crippen LogP contribution in [0.3, 0.4) is 0 Å². The van der Waals surface area contributed by atoms with Crippen molar-refractivity contribution in [1.82, 2.24) is 19.7 Å². The van der Waals surface area contributed by atoms with Gasteiger partial charge in [0.1, 0.15) is 24.0 Å². The van der Waals surface area contributed by atoms with E-state index in [0.29, 0.717) is 11.4 Å². The maximum absolute atomic E-state index is 13.6. The van der Waals surface area contributed by atoms with Crippen molar-refractivity contribution < 1.29 is 29.5 Å². The summed E-state index contributed by atoms with van der Waals surface area (Å²) < 4.78 is 74.3. The van der Waals surface area contributed by atoms with Gasteiger partial charge in [-0.15, -0.1) is 5.10 Å². The van der Waals surface area contributed by atoms with Gasteiger partial charge in [-0.1, -0.05) is 0 Å². The molecule has 3 aromatic rings. The van der Waals surface area contributed by atoms with E-state index in [1.54, 1.807) is 25.1 Å². The first kappa shape index (κ1) is 23.9. The maximum Gasteiger partial charge on any atom is 0.405 e. The number of morpholine rings is 1. The first-order valence-corrected chi connectivity index (χ1v) is 10.6. The average Bonchev–Trinajstić information content (AvgIpc) is 3.21. The van der Waals surface area contributed by atoms with Crippen molar-refractivity contribution in [2.75, 3.05) is 43.5 Å². The van der Waals surface area contributed by atoms with Gasteiger partial charge in [-0.05, 0) is 42.8 Å². The molecule has 7 nitrogen and oxygen atoms in total. The van der Waals surface area contributed by atoms with Gasteiger partial charge in [0.25, 0.3) is 0 Å². The number of nitrogens with zero attached hydrogens (tertiary/aromatic N) is 4. The van der Waals surface area contributed by atoms with Crippen LogP contribution in [0.1, 0.15) is 8.42 Å². The summed E-state index contributed by atoms with van der Waals surface area (Å²) in [6, 6.07) is 6.49. The van der Waals surface area contributed by atoms with Crippen molar-refractivity contribution in [3.63, 3.8) is 0 Å². The molecule has 2 heterocycles. The zero-order valence-corrected chi connectivity index (χ0v) is 18.2. The van der Waals surface area contributed by atoms with Gasteiger partial charge in [0.15, 0.2) is 0 Å². The highest BCUT2D eigenvalue weighted by Gasteiger charge is 2.43. The zero-order valence-electron chi connectivity index (χ0n) is 18.2. The third-order valence-corrected chi connectivity index (χ3v) is 5.30. The monoisotopic (exact) mass is 486 g/mol. The van der Waals surface area contributed by atoms with E-state index < -0.39 is 23.9 Å². The normalized spacial score (nSPS) is 15.8. The number of nitrogens with one attached hydrogen (secondary N) is 2. The van der Waals surface area contributed by atoms with Crippen LogP contribution in [0.2, 0.25) is 0 Å². The lowest BCUT2D eigenvalue weighted by Gasteiger charge is -2.35. The highest BCUT2D eigenvalue weighted by Crippen LogP contribution is 2.27. The molecule has 1 aromatic heterocycles. The lowest BCUT2D eigenvalue weighted by Crippen LogP contribution is -2.53. The van der Waals surface area contributed by atoms with Gasteiger partial charge in [0.05, 0.1) is 18.9 Å². The molecule has 12 heteroatoms. The molecule has 4 rings (SSSR count). The van der Waals surface area contributed by atoms with Crippen molar-refractivity contribution >= 4 is 17.3 Å². The molecule has 2 aromatic carbocycles. The lowest BCUT2D eigenvalue weighted by molar-refractivity contribution is -0.187. The summed E-state index contributed by atoms with van der Waals surface area (Å²) in [6.07, 6.45) is -3.09. The fraction of sp³-hybridized carbons (Fsp3) is 0.364. The van der Waals surface area contributed by atoms with E-state index in [-0.39, 0.29) is 47.3 Å². The average molecular weight is 486 g/mol. The number of rotatable bonds is 7. The molecule has 1 unspecified atom stereocenters. The van der Waals surface area contributed by atoms with Gasteiger partial charge in [0.2, 0.25) is 5.95 Å². The number of benzene rings is 2. The number of aromatic nitrogens is 3. The number of ether oxygens (including phenoxy) is 1. The topological polar surface area (TPSA) is 67.2 Å². The van der Waals surface area contributed by atoms with Crippen LogP contribution in [0.15, 0.2) is 42.7 Å². The largest absolute Gasteiger partial charge is 0.405 e. The molecule has 1 atom stereocenters. The molecular formula is C22H27F5N6O. The second kappa shape index (κ2) is 9.94. The van der Waals surface area contributed by atoms with Crippen molar-refractivity contribution in [2.45, 2.75) is 19.1 Å². The summed E-state index contributed by atoms with van der Waals surface area (Å²) in [4.78, 5) is 5.45. The van der Waals surface area contributed by atoms with Gasteiger partial charge in [-0.3, -0.25) is 4.90 Å². The number of anilines is 3. The van der Waals surface area contributed by atoms with E-state index in [1.807, 2.05) is 0 Å². The molecule has 1 saturated heterocycles. The van der Waals surface area contributed by atoms with E-state index in [0.717, 1.165) is 23.8 Å². The first-order valence-electron chi connectivity index (χ1n) is 10.6. The van der Waals surface area contributed by atoms with E-state index in [9.17, 15) is 22.0 Å². The Morgan fingerprint density at radius 3 is 2.38 bits per heavy atom. The molecular weight excluding hydrogens is 459 g/mol. The van der Waals surface area contributed by atoms with Crippen molar-refractivity contribution in [1.29, 1.82) is 0 Å². The number of aryl methyl sites for hydroxylation is 1. The smallest absolute Gasteiger partial charge is 0.383 e. The van der Waals surface area contributed by atoms with Crippen LogP contribution in [0.4, 0.5) is 39.3 Å². The minimum absolute atomic E-state index is 0. The van der Waals surface area contributed by atoms with E-state index in [1.165, 1.54) is 15.9 Å². The van der Waals surface area contributed by atoms with Crippen molar-refractivity contribution in [2.24, 2.45) is 0 Å². The van der Waals surface area contributed by atoms with Gasteiger partial charge in [0, 0.05) is 39.9 Å². The Morgan fingerprint density at radius 1 is 1.03 bits per heavy atom.